The number of nitrogens with zero attached hydrogens (tertiary/aromatic N) is 3. The van der Waals surface area contributed by atoms with Gasteiger partial charge in [0, 0.05) is 12.7 Å². The van der Waals surface area contributed by atoms with Crippen LogP contribution in [0.15, 0.2) is 30.5 Å². The number of halogens is 1. The number of anilines is 1. The summed E-state index contributed by atoms with van der Waals surface area (Å²) in [6, 6.07) is 6.35. The topological polar surface area (TPSA) is 59.8 Å². The minimum absolute atomic E-state index is 0.270. The smallest absolute Gasteiger partial charge is 0.277 e. The summed E-state index contributed by atoms with van der Waals surface area (Å²) in [4.78, 5) is 16.1. The van der Waals surface area contributed by atoms with Gasteiger partial charge in [-0.05, 0) is 25.1 Å². The third kappa shape index (κ3) is 2.27. The Morgan fingerprint density at radius 2 is 2.30 bits per heavy atom. The van der Waals surface area contributed by atoms with Crippen LogP contribution in [0.25, 0.3) is 10.2 Å². The predicted molar refractivity (Wildman–Crippen MR) is 75.4 cm³/mol. The average molecular weight is 290 g/mol. The van der Waals surface area contributed by atoms with E-state index in [0.717, 1.165) is 0 Å². The van der Waals surface area contributed by atoms with E-state index < -0.39 is 5.82 Å². The van der Waals surface area contributed by atoms with E-state index in [1.807, 2.05) is 6.92 Å². The molecule has 1 amide bonds. The minimum atomic E-state index is -0.394. The molecule has 0 unspecified atom stereocenters. The van der Waals surface area contributed by atoms with E-state index in [2.05, 4.69) is 15.4 Å². The molecule has 0 aliphatic heterocycles. The van der Waals surface area contributed by atoms with Crippen molar-refractivity contribution in [1.82, 2.24) is 14.8 Å². The van der Waals surface area contributed by atoms with Crippen LogP contribution in [0.1, 0.15) is 17.4 Å². The molecular weight excluding hydrogens is 279 g/mol. The number of carbonyl (C=O) groups is 1. The molecule has 102 valence electrons. The molecule has 7 heteroatoms. The van der Waals surface area contributed by atoms with Crippen LogP contribution >= 0.6 is 11.3 Å². The zero-order chi connectivity index (χ0) is 14.1. The van der Waals surface area contributed by atoms with E-state index in [-0.39, 0.29) is 11.4 Å². The van der Waals surface area contributed by atoms with Gasteiger partial charge < -0.3 is 0 Å². The molecule has 0 spiro atoms. The third-order valence-electron chi connectivity index (χ3n) is 2.79. The van der Waals surface area contributed by atoms with Crippen molar-refractivity contribution < 1.29 is 9.18 Å². The van der Waals surface area contributed by atoms with E-state index in [1.165, 1.54) is 17.4 Å². The zero-order valence-electron chi connectivity index (χ0n) is 10.6. The number of amides is 1. The largest absolute Gasteiger partial charge is 0.296 e. The Balaban J connectivity index is 1.85. The molecule has 0 saturated heterocycles. The number of para-hydroxylation sites is 1. The van der Waals surface area contributed by atoms with Gasteiger partial charge in [0.2, 0.25) is 0 Å². The van der Waals surface area contributed by atoms with E-state index in [0.29, 0.717) is 22.1 Å². The number of thiazole rings is 1. The number of aryl methyl sites for hydroxylation is 1. The van der Waals surface area contributed by atoms with Gasteiger partial charge in [-0.15, -0.1) is 0 Å². The fourth-order valence-electron chi connectivity index (χ4n) is 1.79. The van der Waals surface area contributed by atoms with Gasteiger partial charge in [-0.2, -0.15) is 5.10 Å². The first-order valence-corrected chi connectivity index (χ1v) is 6.89. The Labute approximate surface area is 118 Å². The highest BCUT2D eigenvalue weighted by atomic mass is 32.1. The van der Waals surface area contributed by atoms with Crippen molar-refractivity contribution in [3.05, 3.63) is 42.0 Å². The maximum absolute atomic E-state index is 13.5. The summed E-state index contributed by atoms with van der Waals surface area (Å²) in [7, 11) is 0. The molecule has 1 N–H and O–H groups in total. The number of rotatable bonds is 3. The minimum Gasteiger partial charge on any atom is -0.296 e. The average Bonchev–Trinajstić information content (AvgIpc) is 3.05. The fourth-order valence-corrected chi connectivity index (χ4v) is 2.66. The number of benzene rings is 1. The number of carbonyl (C=O) groups excluding carboxylic acids is 1. The Morgan fingerprint density at radius 3 is 3.00 bits per heavy atom. The second-order valence-electron chi connectivity index (χ2n) is 4.12. The van der Waals surface area contributed by atoms with Crippen molar-refractivity contribution in [2.75, 3.05) is 5.32 Å². The SMILES string of the molecule is CCn1ccc(C(=O)Nc2nc3c(F)cccc3s2)n1. The molecule has 2 aromatic heterocycles. The molecule has 0 radical (unpaired) electrons. The van der Waals surface area contributed by atoms with Crippen LogP contribution in [0.2, 0.25) is 0 Å². The Morgan fingerprint density at radius 1 is 1.45 bits per heavy atom. The summed E-state index contributed by atoms with van der Waals surface area (Å²) >= 11 is 1.23. The van der Waals surface area contributed by atoms with Gasteiger partial charge in [0.05, 0.1) is 4.70 Å². The molecule has 5 nitrogen and oxygen atoms in total. The van der Waals surface area contributed by atoms with Gasteiger partial charge in [0.25, 0.3) is 5.91 Å². The van der Waals surface area contributed by atoms with E-state index in [9.17, 15) is 9.18 Å². The molecule has 3 aromatic rings. The van der Waals surface area contributed by atoms with Crippen molar-refractivity contribution in [3.63, 3.8) is 0 Å². The molecule has 0 saturated carbocycles. The lowest BCUT2D eigenvalue weighted by Crippen LogP contribution is -2.13. The fraction of sp³-hybridized carbons (Fsp3) is 0.154. The molecule has 0 aliphatic rings. The van der Waals surface area contributed by atoms with Gasteiger partial charge >= 0.3 is 0 Å². The molecule has 20 heavy (non-hydrogen) atoms. The van der Waals surface area contributed by atoms with Gasteiger partial charge in [0.1, 0.15) is 11.3 Å². The summed E-state index contributed by atoms with van der Waals surface area (Å²) < 4.78 is 15.9. The van der Waals surface area contributed by atoms with Gasteiger partial charge in [-0.3, -0.25) is 14.8 Å². The number of fused-ring (bicyclic) bond motifs is 1. The Bertz CT molecular complexity index is 780. The van der Waals surface area contributed by atoms with Gasteiger partial charge in [0.15, 0.2) is 10.8 Å². The van der Waals surface area contributed by atoms with E-state index in [4.69, 9.17) is 0 Å². The second kappa shape index (κ2) is 5.01. The number of nitrogens with one attached hydrogen (secondary N) is 1. The standard InChI is InChI=1S/C13H11FN4OS/c1-2-18-7-6-9(17-18)12(19)16-13-15-11-8(14)4-3-5-10(11)20-13/h3-7H,2H2,1H3,(H,15,16,19). The quantitative estimate of drug-likeness (QED) is 0.807. The lowest BCUT2D eigenvalue weighted by molar-refractivity contribution is 0.102. The zero-order valence-corrected chi connectivity index (χ0v) is 11.4. The Kier molecular flexibility index (Phi) is 3.19. The maximum atomic E-state index is 13.5. The monoisotopic (exact) mass is 290 g/mol. The van der Waals surface area contributed by atoms with E-state index in [1.54, 1.807) is 29.1 Å². The lowest BCUT2D eigenvalue weighted by Gasteiger charge is -1.97. The van der Waals surface area contributed by atoms with Crippen molar-refractivity contribution in [2.24, 2.45) is 0 Å². The third-order valence-corrected chi connectivity index (χ3v) is 3.72. The molecule has 0 atom stereocenters. The van der Waals surface area contributed by atoms with Crippen molar-refractivity contribution in [1.29, 1.82) is 0 Å². The van der Waals surface area contributed by atoms with Crippen LogP contribution in [0.4, 0.5) is 9.52 Å². The first-order valence-electron chi connectivity index (χ1n) is 6.07. The first-order chi connectivity index (χ1) is 9.67. The van der Waals surface area contributed by atoms with Crippen LogP contribution < -0.4 is 5.32 Å². The van der Waals surface area contributed by atoms with Gasteiger partial charge in [-0.25, -0.2) is 9.37 Å². The van der Waals surface area contributed by atoms with Crippen LogP contribution in [-0.4, -0.2) is 20.7 Å². The number of aromatic nitrogens is 3. The molecule has 0 aliphatic carbocycles. The molecule has 0 bridgehead atoms. The molecular formula is C13H11FN4OS. The van der Waals surface area contributed by atoms with E-state index >= 15 is 0 Å². The maximum Gasteiger partial charge on any atom is 0.277 e. The van der Waals surface area contributed by atoms with Crippen LogP contribution in [0.3, 0.4) is 0 Å². The first kappa shape index (κ1) is 12.7. The molecule has 3 rings (SSSR count). The summed E-state index contributed by atoms with van der Waals surface area (Å²) in [6.07, 6.45) is 1.73. The van der Waals surface area contributed by atoms with Crippen molar-refractivity contribution in [3.8, 4) is 0 Å². The normalized spacial score (nSPS) is 10.9. The number of hydrogen-bond donors (Lipinski definition) is 1. The predicted octanol–water partition coefficient (Wildman–Crippen LogP) is 2.90. The van der Waals surface area contributed by atoms with Crippen LogP contribution in [-0.2, 0) is 6.54 Å². The van der Waals surface area contributed by atoms with Crippen LogP contribution in [0, 0.1) is 5.82 Å². The van der Waals surface area contributed by atoms with Gasteiger partial charge in [-0.1, -0.05) is 17.4 Å². The van der Waals surface area contributed by atoms with Crippen molar-refractivity contribution in [2.45, 2.75) is 13.5 Å². The molecule has 2 heterocycles. The highest BCUT2D eigenvalue weighted by Crippen LogP contribution is 2.27. The second-order valence-corrected chi connectivity index (χ2v) is 5.15. The number of hydrogen-bond acceptors (Lipinski definition) is 4. The van der Waals surface area contributed by atoms with Crippen molar-refractivity contribution >= 4 is 32.6 Å². The summed E-state index contributed by atoms with van der Waals surface area (Å²) in [5, 5.41) is 7.10. The molecule has 1 aromatic carbocycles. The summed E-state index contributed by atoms with van der Waals surface area (Å²) in [6.45, 7) is 2.63. The van der Waals surface area contributed by atoms with Crippen LogP contribution in [0.5, 0.6) is 0 Å². The highest BCUT2D eigenvalue weighted by molar-refractivity contribution is 7.22. The summed E-state index contributed by atoms with van der Waals surface area (Å²) in [5.41, 5.74) is 0.582. The summed E-state index contributed by atoms with van der Waals surface area (Å²) in [5.74, 6) is -0.744. The molecule has 0 fully saturated rings. The highest BCUT2D eigenvalue weighted by Gasteiger charge is 2.13. The lowest BCUT2D eigenvalue weighted by atomic mass is 10.3. The Hall–Kier alpha value is -2.28.